The number of hydrogen-bond donors (Lipinski definition) is 1. The smallest absolute Gasteiger partial charge is 0.0643 e. The van der Waals surface area contributed by atoms with Crippen LogP contribution in [0.4, 0.5) is 0 Å². The van der Waals surface area contributed by atoms with Crippen molar-refractivity contribution in [1.82, 2.24) is 9.80 Å². The van der Waals surface area contributed by atoms with E-state index in [0.717, 1.165) is 11.4 Å². The normalized spacial score (nSPS) is 14.6. The van der Waals surface area contributed by atoms with Gasteiger partial charge in [-0.15, -0.1) is 0 Å². The molecule has 1 heterocycles. The highest BCUT2D eigenvalue weighted by Gasteiger charge is 2.21. The van der Waals surface area contributed by atoms with Gasteiger partial charge < -0.3 is 9.80 Å². The van der Waals surface area contributed by atoms with Crippen molar-refractivity contribution >= 4 is 12.6 Å². The van der Waals surface area contributed by atoms with Crippen molar-refractivity contribution in [1.29, 1.82) is 0 Å². The number of thiol groups is 1. The van der Waals surface area contributed by atoms with Gasteiger partial charge in [-0.3, -0.25) is 0 Å². The van der Waals surface area contributed by atoms with Gasteiger partial charge in [-0.25, -0.2) is 0 Å². The van der Waals surface area contributed by atoms with Gasteiger partial charge in [0.15, 0.2) is 0 Å². The van der Waals surface area contributed by atoms with E-state index in [1.807, 2.05) is 53.1 Å². The number of likely N-dealkylation sites (N-methyl/N-ethyl adjacent to an activating group) is 2. The average Bonchev–Trinajstić information content (AvgIpc) is 2.51. The van der Waals surface area contributed by atoms with Crippen LogP contribution in [-0.4, -0.2) is 30.2 Å². The summed E-state index contributed by atoms with van der Waals surface area (Å²) in [6.45, 7) is 15.9. The lowest BCUT2D eigenvalue weighted by molar-refractivity contribution is 0.418. The molecule has 0 amide bonds. The van der Waals surface area contributed by atoms with E-state index >= 15 is 0 Å². The summed E-state index contributed by atoms with van der Waals surface area (Å²) in [5.41, 5.74) is 4.56. The number of rotatable bonds is 3. The van der Waals surface area contributed by atoms with Gasteiger partial charge in [-0.1, -0.05) is 33.1 Å². The van der Waals surface area contributed by atoms with Crippen molar-refractivity contribution in [3.63, 3.8) is 0 Å². The fraction of sp³-hybridized carbons (Fsp3) is 0.412. The highest BCUT2D eigenvalue weighted by molar-refractivity contribution is 7.79. The maximum atomic E-state index is 3.87. The molecule has 0 bridgehead atoms. The van der Waals surface area contributed by atoms with E-state index in [0.29, 0.717) is 0 Å². The Kier molecular flexibility index (Phi) is 12.0. The van der Waals surface area contributed by atoms with Crippen molar-refractivity contribution < 1.29 is 0 Å². The van der Waals surface area contributed by atoms with E-state index in [1.165, 1.54) is 11.4 Å². The van der Waals surface area contributed by atoms with E-state index in [9.17, 15) is 0 Å². The predicted molar refractivity (Wildman–Crippen MR) is 96.7 cm³/mol. The van der Waals surface area contributed by atoms with E-state index in [1.54, 1.807) is 6.26 Å². The molecule has 1 rings (SSSR count). The van der Waals surface area contributed by atoms with Gasteiger partial charge in [0, 0.05) is 19.8 Å². The van der Waals surface area contributed by atoms with Crippen LogP contribution in [-0.2, 0) is 0 Å². The fourth-order valence-electron chi connectivity index (χ4n) is 1.94. The van der Waals surface area contributed by atoms with Gasteiger partial charge in [0.1, 0.15) is 0 Å². The molecule has 2 nitrogen and oxygen atoms in total. The predicted octanol–water partition coefficient (Wildman–Crippen LogP) is 4.83. The maximum absolute atomic E-state index is 3.87. The second kappa shape index (κ2) is 11.5. The molecule has 0 N–H and O–H groups in total. The minimum atomic E-state index is 1.08. The molecule has 0 aromatic carbocycles. The molecule has 0 saturated carbocycles. The topological polar surface area (TPSA) is 6.48 Å². The average molecular weight is 295 g/mol. The van der Waals surface area contributed by atoms with Gasteiger partial charge in [0.05, 0.1) is 17.1 Å². The molecule has 20 heavy (non-hydrogen) atoms. The van der Waals surface area contributed by atoms with Crippen LogP contribution >= 0.6 is 12.6 Å². The fourth-order valence-corrected chi connectivity index (χ4v) is 1.94. The second-order valence-corrected chi connectivity index (χ2v) is 3.77. The third kappa shape index (κ3) is 4.64. The Hall–Kier alpha value is -1.35. The van der Waals surface area contributed by atoms with Crippen molar-refractivity contribution in [3.05, 3.63) is 60.3 Å². The minimum absolute atomic E-state index is 1.08. The summed E-state index contributed by atoms with van der Waals surface area (Å²) in [6, 6.07) is 0. The molecule has 1 aliphatic rings. The molecule has 114 valence electrons. The number of hydrogen-bond acceptors (Lipinski definition) is 3. The molecule has 0 aromatic rings. The van der Waals surface area contributed by atoms with Crippen LogP contribution in [0, 0.1) is 0 Å². The molecule has 0 aromatic heterocycles. The highest BCUT2D eigenvalue weighted by atomic mass is 32.1. The zero-order valence-electron chi connectivity index (χ0n) is 14.1. The summed E-state index contributed by atoms with van der Waals surface area (Å²) in [5.74, 6) is 0. The van der Waals surface area contributed by atoms with Gasteiger partial charge in [0.25, 0.3) is 0 Å². The van der Waals surface area contributed by atoms with Gasteiger partial charge in [-0.05, 0) is 38.3 Å². The van der Waals surface area contributed by atoms with Gasteiger partial charge in [-0.2, -0.15) is 12.6 Å². The molecule has 0 unspecified atom stereocenters. The first-order chi connectivity index (χ1) is 9.58. The Labute approximate surface area is 131 Å². The summed E-state index contributed by atoms with van der Waals surface area (Å²) in [5, 5.41) is 0. The van der Waals surface area contributed by atoms with Gasteiger partial charge >= 0.3 is 0 Å². The van der Waals surface area contributed by atoms with Crippen LogP contribution in [0.1, 0.15) is 27.7 Å². The molecule has 1 aliphatic heterocycles. The van der Waals surface area contributed by atoms with Crippen LogP contribution < -0.4 is 0 Å². The summed E-state index contributed by atoms with van der Waals surface area (Å²) in [7, 11) is 4.10. The molecule has 0 radical (unpaired) electrons. The first kappa shape index (κ1) is 21.0. The Morgan fingerprint density at radius 2 is 1.30 bits per heavy atom. The number of allylic oxidation sites excluding steroid dienone is 5. The summed E-state index contributed by atoms with van der Waals surface area (Å²) in [6.07, 6.45) is 9.57. The monoisotopic (exact) mass is 294 g/mol. The van der Waals surface area contributed by atoms with E-state index in [4.69, 9.17) is 0 Å². The molecule has 0 fully saturated rings. The SMILES string of the molecule is C=CC1=C(C=C)N(C)C(/C=C\C)=C(C)N1C.CC.CS. The zero-order valence-corrected chi connectivity index (χ0v) is 15.0. The third-order valence-corrected chi connectivity index (χ3v) is 2.93. The first-order valence-electron chi connectivity index (χ1n) is 6.83. The van der Waals surface area contributed by atoms with Crippen LogP contribution in [0.15, 0.2) is 60.3 Å². The zero-order chi connectivity index (χ0) is 16.3. The van der Waals surface area contributed by atoms with Crippen LogP contribution in [0.2, 0.25) is 0 Å². The van der Waals surface area contributed by atoms with Crippen molar-refractivity contribution in [2.45, 2.75) is 27.7 Å². The summed E-state index contributed by atoms with van der Waals surface area (Å²) >= 11 is 3.53. The van der Waals surface area contributed by atoms with Crippen LogP contribution in [0.5, 0.6) is 0 Å². The largest absolute Gasteiger partial charge is 0.345 e. The Balaban J connectivity index is 0. The molecule has 0 spiro atoms. The molecule has 0 atom stereocenters. The van der Waals surface area contributed by atoms with Crippen molar-refractivity contribution in [3.8, 4) is 0 Å². The number of nitrogens with zero attached hydrogens (tertiary/aromatic N) is 2. The maximum Gasteiger partial charge on any atom is 0.0643 e. The highest BCUT2D eigenvalue weighted by Crippen LogP contribution is 2.30. The van der Waals surface area contributed by atoms with Gasteiger partial charge in [0.2, 0.25) is 0 Å². The Bertz CT molecular complexity index is 403. The van der Waals surface area contributed by atoms with E-state index < -0.39 is 0 Å². The quantitative estimate of drug-likeness (QED) is 0.745. The Morgan fingerprint density at radius 3 is 1.65 bits per heavy atom. The van der Waals surface area contributed by atoms with Crippen molar-refractivity contribution in [2.75, 3.05) is 20.4 Å². The molecular weight excluding hydrogens is 264 g/mol. The van der Waals surface area contributed by atoms with Crippen LogP contribution in [0.3, 0.4) is 0 Å². The summed E-state index contributed by atoms with van der Waals surface area (Å²) < 4.78 is 0. The Morgan fingerprint density at radius 1 is 0.900 bits per heavy atom. The van der Waals surface area contributed by atoms with Crippen molar-refractivity contribution in [2.24, 2.45) is 0 Å². The van der Waals surface area contributed by atoms with E-state index in [2.05, 4.69) is 48.6 Å². The lowest BCUT2D eigenvalue weighted by atomic mass is 10.1. The molecule has 0 saturated heterocycles. The molecule has 0 aliphatic carbocycles. The molecule has 3 heteroatoms. The third-order valence-electron chi connectivity index (χ3n) is 2.93. The minimum Gasteiger partial charge on any atom is -0.345 e. The second-order valence-electron chi connectivity index (χ2n) is 3.77. The van der Waals surface area contributed by atoms with E-state index in [-0.39, 0.29) is 0 Å². The van der Waals surface area contributed by atoms with Crippen LogP contribution in [0.25, 0.3) is 0 Å². The standard InChI is InChI=1S/C14H20N2.C2H6.CH4S/c1-7-10-14-11(4)15(5)12(8-2)13(9-3)16(14)6;2*1-2/h7-10H,2-3H2,1,4-6H3;1-2H3;2H,1H3/b10-7-;;. The molecular formula is C17H30N2S. The lowest BCUT2D eigenvalue weighted by Gasteiger charge is -2.36. The first-order valence-corrected chi connectivity index (χ1v) is 7.72. The lowest BCUT2D eigenvalue weighted by Crippen LogP contribution is -2.31. The summed E-state index contributed by atoms with van der Waals surface area (Å²) in [4.78, 5) is 4.28.